The smallest absolute Gasteiger partial charge is 0.303 e. The van der Waals surface area contributed by atoms with Crippen molar-refractivity contribution in [2.45, 2.75) is 26.8 Å². The van der Waals surface area contributed by atoms with Crippen LogP contribution in [0, 0.1) is 12.8 Å². The third kappa shape index (κ3) is 2.53. The molecule has 0 spiro atoms. The van der Waals surface area contributed by atoms with E-state index in [1.165, 1.54) is 0 Å². The van der Waals surface area contributed by atoms with E-state index >= 15 is 0 Å². The number of aliphatic carboxylic acids is 1. The van der Waals surface area contributed by atoms with Crippen LogP contribution in [0.25, 0.3) is 11.4 Å². The SMILES string of the molecule is Cc1[nH]ncc1-c1nnnn1CC(C)CC(=O)O. The topological polar surface area (TPSA) is 110 Å². The monoisotopic (exact) mass is 250 g/mol. The second kappa shape index (κ2) is 4.94. The van der Waals surface area contributed by atoms with Crippen LogP contribution in [-0.2, 0) is 11.3 Å². The van der Waals surface area contributed by atoms with Crippen molar-refractivity contribution in [1.29, 1.82) is 0 Å². The van der Waals surface area contributed by atoms with Gasteiger partial charge in [0.15, 0.2) is 5.82 Å². The number of H-pyrrole nitrogens is 1. The number of aryl methyl sites for hydroxylation is 1. The van der Waals surface area contributed by atoms with Gasteiger partial charge in [0.1, 0.15) is 0 Å². The predicted molar refractivity (Wildman–Crippen MR) is 61.6 cm³/mol. The Hall–Kier alpha value is -2.25. The van der Waals surface area contributed by atoms with Gasteiger partial charge in [0.05, 0.1) is 11.8 Å². The quantitative estimate of drug-likeness (QED) is 0.798. The van der Waals surface area contributed by atoms with Gasteiger partial charge in [-0.15, -0.1) is 5.10 Å². The number of nitrogens with zero attached hydrogens (tertiary/aromatic N) is 5. The van der Waals surface area contributed by atoms with E-state index in [4.69, 9.17) is 5.11 Å². The Kier molecular flexibility index (Phi) is 3.35. The van der Waals surface area contributed by atoms with Crippen LogP contribution >= 0.6 is 0 Å². The molecule has 0 aliphatic rings. The number of rotatable bonds is 5. The lowest BCUT2D eigenvalue weighted by Crippen LogP contribution is -2.14. The van der Waals surface area contributed by atoms with E-state index in [9.17, 15) is 4.79 Å². The van der Waals surface area contributed by atoms with E-state index in [1.54, 1.807) is 10.9 Å². The normalized spacial score (nSPS) is 12.6. The molecule has 1 unspecified atom stereocenters. The first-order valence-corrected chi connectivity index (χ1v) is 5.56. The maximum absolute atomic E-state index is 10.6. The number of aromatic amines is 1. The largest absolute Gasteiger partial charge is 0.481 e. The molecule has 2 N–H and O–H groups in total. The Morgan fingerprint density at radius 2 is 2.39 bits per heavy atom. The highest BCUT2D eigenvalue weighted by Gasteiger charge is 2.16. The number of aromatic nitrogens is 6. The van der Waals surface area contributed by atoms with Crippen LogP contribution in [0.1, 0.15) is 19.0 Å². The van der Waals surface area contributed by atoms with Crippen molar-refractivity contribution >= 4 is 5.97 Å². The van der Waals surface area contributed by atoms with Crippen molar-refractivity contribution < 1.29 is 9.90 Å². The molecule has 0 bridgehead atoms. The molecule has 8 nitrogen and oxygen atoms in total. The van der Waals surface area contributed by atoms with Crippen LogP contribution in [0.3, 0.4) is 0 Å². The zero-order valence-electron chi connectivity index (χ0n) is 10.2. The lowest BCUT2D eigenvalue weighted by atomic mass is 10.1. The lowest BCUT2D eigenvalue weighted by molar-refractivity contribution is -0.138. The molecule has 2 rings (SSSR count). The fraction of sp³-hybridized carbons (Fsp3) is 0.500. The lowest BCUT2D eigenvalue weighted by Gasteiger charge is -2.09. The molecular weight excluding hydrogens is 236 g/mol. The minimum absolute atomic E-state index is 0.0445. The van der Waals surface area contributed by atoms with Crippen LogP contribution < -0.4 is 0 Å². The van der Waals surface area contributed by atoms with E-state index in [1.807, 2.05) is 13.8 Å². The second-order valence-corrected chi connectivity index (χ2v) is 4.30. The highest BCUT2D eigenvalue weighted by atomic mass is 16.4. The van der Waals surface area contributed by atoms with Crippen LogP contribution in [0.15, 0.2) is 6.20 Å². The number of carbonyl (C=O) groups is 1. The minimum atomic E-state index is -0.823. The molecule has 2 aromatic heterocycles. The maximum Gasteiger partial charge on any atom is 0.303 e. The van der Waals surface area contributed by atoms with E-state index in [0.29, 0.717) is 12.4 Å². The van der Waals surface area contributed by atoms with E-state index in [-0.39, 0.29) is 12.3 Å². The summed E-state index contributed by atoms with van der Waals surface area (Å²) in [5.74, 6) is -0.271. The molecule has 0 aliphatic heterocycles. The summed E-state index contributed by atoms with van der Waals surface area (Å²) in [4.78, 5) is 10.6. The number of carboxylic acid groups (broad SMARTS) is 1. The van der Waals surface area contributed by atoms with Gasteiger partial charge >= 0.3 is 5.97 Å². The summed E-state index contributed by atoms with van der Waals surface area (Å²) in [7, 11) is 0. The molecule has 96 valence electrons. The molecule has 0 saturated carbocycles. The summed E-state index contributed by atoms with van der Waals surface area (Å²) >= 11 is 0. The Balaban J connectivity index is 2.18. The minimum Gasteiger partial charge on any atom is -0.481 e. The van der Waals surface area contributed by atoms with Gasteiger partial charge in [0, 0.05) is 18.7 Å². The molecule has 0 saturated heterocycles. The summed E-state index contributed by atoms with van der Waals surface area (Å²) < 4.78 is 1.60. The van der Waals surface area contributed by atoms with Crippen LogP contribution in [0.5, 0.6) is 0 Å². The van der Waals surface area contributed by atoms with E-state index in [0.717, 1.165) is 11.3 Å². The van der Waals surface area contributed by atoms with Gasteiger partial charge in [-0.25, -0.2) is 4.68 Å². The van der Waals surface area contributed by atoms with Crippen molar-refractivity contribution in [1.82, 2.24) is 30.4 Å². The third-order valence-corrected chi connectivity index (χ3v) is 2.61. The van der Waals surface area contributed by atoms with Gasteiger partial charge in [0.25, 0.3) is 0 Å². The fourth-order valence-corrected chi connectivity index (χ4v) is 1.75. The number of hydrogen-bond donors (Lipinski definition) is 2. The Morgan fingerprint density at radius 1 is 1.61 bits per heavy atom. The first-order valence-electron chi connectivity index (χ1n) is 5.56. The molecule has 0 radical (unpaired) electrons. The van der Waals surface area contributed by atoms with Gasteiger partial charge in [0.2, 0.25) is 0 Å². The van der Waals surface area contributed by atoms with Gasteiger partial charge in [-0.3, -0.25) is 9.89 Å². The highest BCUT2D eigenvalue weighted by Crippen LogP contribution is 2.19. The van der Waals surface area contributed by atoms with Gasteiger partial charge in [-0.2, -0.15) is 5.10 Å². The van der Waals surface area contributed by atoms with E-state index < -0.39 is 5.97 Å². The zero-order chi connectivity index (χ0) is 13.1. The highest BCUT2D eigenvalue weighted by molar-refractivity contribution is 5.66. The number of carboxylic acids is 1. The first-order chi connectivity index (χ1) is 8.58. The summed E-state index contributed by atoms with van der Waals surface area (Å²) in [5.41, 5.74) is 1.69. The van der Waals surface area contributed by atoms with E-state index in [2.05, 4.69) is 25.7 Å². The summed E-state index contributed by atoms with van der Waals surface area (Å²) in [6.45, 7) is 4.18. The van der Waals surface area contributed by atoms with Crippen molar-refractivity contribution in [3.05, 3.63) is 11.9 Å². The zero-order valence-corrected chi connectivity index (χ0v) is 10.2. The molecule has 0 aliphatic carbocycles. The Bertz CT molecular complexity index is 546. The summed E-state index contributed by atoms with van der Waals surface area (Å²) in [6.07, 6.45) is 1.74. The maximum atomic E-state index is 10.6. The fourth-order valence-electron chi connectivity index (χ4n) is 1.75. The standard InChI is InChI=1S/C10H14N6O2/c1-6(3-9(17)18)5-16-10(13-14-15-16)8-4-11-12-7(8)2/h4,6H,3,5H2,1-2H3,(H,11,12)(H,17,18). The van der Waals surface area contributed by atoms with Gasteiger partial charge < -0.3 is 5.11 Å². The van der Waals surface area contributed by atoms with Crippen LogP contribution in [0.4, 0.5) is 0 Å². The van der Waals surface area contributed by atoms with Crippen molar-refractivity contribution in [2.24, 2.45) is 5.92 Å². The second-order valence-electron chi connectivity index (χ2n) is 4.30. The summed E-state index contributed by atoms with van der Waals surface area (Å²) in [6, 6.07) is 0. The summed E-state index contributed by atoms with van der Waals surface area (Å²) in [5, 5.41) is 26.9. The van der Waals surface area contributed by atoms with Gasteiger partial charge in [-0.1, -0.05) is 6.92 Å². The molecule has 1 atom stereocenters. The van der Waals surface area contributed by atoms with Crippen molar-refractivity contribution in [3.8, 4) is 11.4 Å². The average molecular weight is 250 g/mol. The van der Waals surface area contributed by atoms with Crippen LogP contribution in [0.2, 0.25) is 0 Å². The third-order valence-electron chi connectivity index (χ3n) is 2.61. The molecule has 2 aromatic rings. The molecule has 18 heavy (non-hydrogen) atoms. The number of hydrogen-bond acceptors (Lipinski definition) is 5. The first kappa shape index (κ1) is 12.2. The molecule has 0 aromatic carbocycles. The molecular formula is C10H14N6O2. The predicted octanol–water partition coefficient (Wildman–Crippen LogP) is 0.482. The molecule has 0 fully saturated rings. The van der Waals surface area contributed by atoms with Gasteiger partial charge in [-0.05, 0) is 23.3 Å². The van der Waals surface area contributed by atoms with Crippen molar-refractivity contribution in [3.63, 3.8) is 0 Å². The number of tetrazole rings is 1. The molecule has 8 heteroatoms. The average Bonchev–Trinajstić information content (AvgIpc) is 2.85. The number of nitrogens with one attached hydrogen (secondary N) is 1. The van der Waals surface area contributed by atoms with Crippen LogP contribution in [-0.4, -0.2) is 41.5 Å². The Morgan fingerprint density at radius 3 is 3.00 bits per heavy atom. The van der Waals surface area contributed by atoms with Crippen molar-refractivity contribution in [2.75, 3.05) is 0 Å². The molecule has 0 amide bonds. The Labute approximate surface area is 103 Å². The molecule has 2 heterocycles.